The van der Waals surface area contributed by atoms with Gasteiger partial charge in [-0.15, -0.1) is 0 Å². The molecule has 0 spiro atoms. The number of hydrogen-bond donors (Lipinski definition) is 0. The average molecular weight is 219 g/mol. The van der Waals surface area contributed by atoms with Crippen LogP contribution in [0.4, 0.5) is 0 Å². The van der Waals surface area contributed by atoms with E-state index in [-0.39, 0.29) is 0 Å². The minimum atomic E-state index is 0.468. The van der Waals surface area contributed by atoms with Gasteiger partial charge in [-0.3, -0.25) is 0 Å². The molecule has 5 heteroatoms. The Morgan fingerprint density at radius 3 is 2.81 bits per heavy atom. The van der Waals surface area contributed by atoms with Crippen molar-refractivity contribution in [3.8, 4) is 5.75 Å². The van der Waals surface area contributed by atoms with Gasteiger partial charge in [0.25, 0.3) is 5.52 Å². The number of hydrogen-bond acceptors (Lipinski definition) is 4. The van der Waals surface area contributed by atoms with Gasteiger partial charge in [0.15, 0.2) is 5.82 Å². The largest absolute Gasteiger partial charge is 0.594 e. The molecule has 0 unspecified atom stereocenters. The fourth-order valence-electron chi connectivity index (χ4n) is 1.59. The maximum absolute atomic E-state index is 11.6. The monoisotopic (exact) mass is 219 g/mol. The number of aromatic nitrogens is 3. The topological polar surface area (TPSA) is 62.0 Å². The first-order valence-electron chi connectivity index (χ1n) is 5.10. The molecular weight excluding hydrogens is 206 g/mol. The van der Waals surface area contributed by atoms with Crippen LogP contribution in [0.15, 0.2) is 12.1 Å². The van der Waals surface area contributed by atoms with Crippen molar-refractivity contribution in [1.29, 1.82) is 0 Å². The van der Waals surface area contributed by atoms with Crippen LogP contribution in [0.5, 0.6) is 5.75 Å². The molecule has 1 aromatic carbocycles. The summed E-state index contributed by atoms with van der Waals surface area (Å²) >= 11 is 0. The molecule has 0 bridgehead atoms. The highest BCUT2D eigenvalue weighted by Crippen LogP contribution is 2.21. The Morgan fingerprint density at radius 2 is 2.19 bits per heavy atom. The molecule has 0 saturated carbocycles. The molecule has 0 atom stereocenters. The van der Waals surface area contributed by atoms with E-state index in [4.69, 9.17) is 4.74 Å². The predicted molar refractivity (Wildman–Crippen MR) is 59.2 cm³/mol. The fraction of sp³-hybridized carbons (Fsp3) is 0.364. The quantitative estimate of drug-likeness (QED) is 0.561. The minimum absolute atomic E-state index is 0.468. The summed E-state index contributed by atoms with van der Waals surface area (Å²) in [5, 5.41) is 15.5. The van der Waals surface area contributed by atoms with Crippen molar-refractivity contribution in [1.82, 2.24) is 10.1 Å². The van der Waals surface area contributed by atoms with Crippen LogP contribution in [0.3, 0.4) is 0 Å². The molecule has 0 fully saturated rings. The molecule has 0 aliphatic rings. The molecule has 2 aromatic rings. The van der Waals surface area contributed by atoms with Gasteiger partial charge in [0.1, 0.15) is 11.3 Å². The summed E-state index contributed by atoms with van der Waals surface area (Å²) in [5.74, 6) is 1.27. The lowest BCUT2D eigenvalue weighted by Gasteiger charge is -2.06. The van der Waals surface area contributed by atoms with Gasteiger partial charge in [0, 0.05) is 23.7 Å². The lowest BCUT2D eigenvalue weighted by molar-refractivity contribution is -0.644. The van der Waals surface area contributed by atoms with E-state index < -0.39 is 0 Å². The summed E-state index contributed by atoms with van der Waals surface area (Å²) in [6, 6.07) is 3.50. The van der Waals surface area contributed by atoms with Crippen LogP contribution >= 0.6 is 0 Å². The van der Waals surface area contributed by atoms with E-state index in [1.54, 1.807) is 19.2 Å². The van der Waals surface area contributed by atoms with Crippen molar-refractivity contribution in [2.24, 2.45) is 0 Å². The van der Waals surface area contributed by atoms with Crippen LogP contribution in [-0.2, 0) is 6.42 Å². The van der Waals surface area contributed by atoms with E-state index in [1.165, 1.54) is 0 Å². The van der Waals surface area contributed by atoms with Gasteiger partial charge < -0.3 is 9.94 Å². The minimum Gasteiger partial charge on any atom is -0.594 e. The van der Waals surface area contributed by atoms with Crippen LogP contribution < -0.4 is 9.58 Å². The third-order valence-electron chi connectivity index (χ3n) is 2.47. The standard InChI is InChI=1S/C11H13N3O2/c1-4-11-12-8-6-10(16-3)7(2)5-9(8)14(15)13-11/h5-6H,4H2,1-3H3. The molecule has 0 radical (unpaired) electrons. The number of nitrogens with zero attached hydrogens (tertiary/aromatic N) is 3. The first-order chi connectivity index (χ1) is 7.65. The number of fused-ring (bicyclic) bond motifs is 1. The van der Waals surface area contributed by atoms with Gasteiger partial charge in [-0.25, -0.2) is 4.98 Å². The van der Waals surface area contributed by atoms with Crippen LogP contribution in [0.2, 0.25) is 0 Å². The second kappa shape index (κ2) is 3.92. The molecule has 0 N–H and O–H groups in total. The maximum atomic E-state index is 11.6. The Bertz CT molecular complexity index is 540. The number of aryl methyl sites for hydroxylation is 2. The summed E-state index contributed by atoms with van der Waals surface area (Å²) in [4.78, 5) is 4.91. The molecule has 16 heavy (non-hydrogen) atoms. The Morgan fingerprint density at radius 1 is 1.44 bits per heavy atom. The van der Waals surface area contributed by atoms with Crippen molar-refractivity contribution in [3.05, 3.63) is 28.7 Å². The van der Waals surface area contributed by atoms with Crippen molar-refractivity contribution < 1.29 is 9.58 Å². The number of methoxy groups -OCH3 is 1. The van der Waals surface area contributed by atoms with E-state index in [1.807, 2.05) is 13.8 Å². The van der Waals surface area contributed by atoms with Gasteiger partial charge in [-0.05, 0) is 17.3 Å². The second-order valence-corrected chi connectivity index (χ2v) is 3.57. The van der Waals surface area contributed by atoms with E-state index in [0.29, 0.717) is 28.1 Å². The summed E-state index contributed by atoms with van der Waals surface area (Å²) in [6.07, 6.45) is 0.633. The van der Waals surface area contributed by atoms with Crippen LogP contribution in [0.1, 0.15) is 18.3 Å². The van der Waals surface area contributed by atoms with Gasteiger partial charge in [0.2, 0.25) is 0 Å². The SMILES string of the molecule is CCc1nc2cc(OC)c(C)cc2[n+]([O-])n1. The van der Waals surface area contributed by atoms with Gasteiger partial charge in [-0.2, -0.15) is 0 Å². The summed E-state index contributed by atoms with van der Waals surface area (Å²) in [6.45, 7) is 3.79. The van der Waals surface area contributed by atoms with Gasteiger partial charge in [0.05, 0.1) is 7.11 Å². The van der Waals surface area contributed by atoms with Crippen molar-refractivity contribution in [2.45, 2.75) is 20.3 Å². The number of ether oxygens (including phenoxy) is 1. The third kappa shape index (κ3) is 1.64. The molecule has 1 heterocycles. The predicted octanol–water partition coefficient (Wildman–Crippen LogP) is 1.14. The molecule has 5 nitrogen and oxygen atoms in total. The Hall–Kier alpha value is -1.91. The Balaban J connectivity index is 2.75. The van der Waals surface area contributed by atoms with E-state index in [2.05, 4.69) is 10.1 Å². The zero-order chi connectivity index (χ0) is 11.7. The first-order valence-corrected chi connectivity index (χ1v) is 5.10. The Kier molecular flexibility index (Phi) is 2.60. The van der Waals surface area contributed by atoms with Gasteiger partial charge in [-0.1, -0.05) is 6.92 Å². The Labute approximate surface area is 93.3 Å². The third-order valence-corrected chi connectivity index (χ3v) is 2.47. The molecule has 0 aliphatic carbocycles. The zero-order valence-corrected chi connectivity index (χ0v) is 9.52. The average Bonchev–Trinajstić information content (AvgIpc) is 2.29. The molecule has 0 saturated heterocycles. The number of rotatable bonds is 2. The fourth-order valence-corrected chi connectivity index (χ4v) is 1.59. The van der Waals surface area contributed by atoms with Crippen LogP contribution in [0.25, 0.3) is 11.0 Å². The maximum Gasteiger partial charge on any atom is 0.271 e. The van der Waals surface area contributed by atoms with E-state index in [9.17, 15) is 5.21 Å². The molecule has 0 aliphatic heterocycles. The van der Waals surface area contributed by atoms with E-state index in [0.717, 1.165) is 11.3 Å². The lowest BCUT2D eigenvalue weighted by Crippen LogP contribution is -2.34. The highest BCUT2D eigenvalue weighted by molar-refractivity contribution is 5.74. The normalized spacial score (nSPS) is 10.7. The van der Waals surface area contributed by atoms with Gasteiger partial charge >= 0.3 is 0 Å². The highest BCUT2D eigenvalue weighted by atomic mass is 16.5. The highest BCUT2D eigenvalue weighted by Gasteiger charge is 2.12. The van der Waals surface area contributed by atoms with Crippen LogP contribution in [-0.4, -0.2) is 17.2 Å². The summed E-state index contributed by atoms with van der Waals surface area (Å²) in [7, 11) is 1.60. The van der Waals surface area contributed by atoms with E-state index >= 15 is 0 Å². The first kappa shape index (κ1) is 10.6. The lowest BCUT2D eigenvalue weighted by atomic mass is 10.2. The molecule has 0 amide bonds. The molecular formula is C11H13N3O2. The summed E-state index contributed by atoms with van der Waals surface area (Å²) in [5.41, 5.74) is 1.98. The zero-order valence-electron chi connectivity index (χ0n) is 9.52. The molecule has 2 rings (SSSR count). The van der Waals surface area contributed by atoms with Crippen LogP contribution in [0, 0.1) is 12.1 Å². The molecule has 1 aromatic heterocycles. The van der Waals surface area contributed by atoms with Crippen molar-refractivity contribution in [3.63, 3.8) is 0 Å². The van der Waals surface area contributed by atoms with Crippen molar-refractivity contribution in [2.75, 3.05) is 7.11 Å². The molecule has 84 valence electrons. The summed E-state index contributed by atoms with van der Waals surface area (Å²) < 4.78 is 5.19. The second-order valence-electron chi connectivity index (χ2n) is 3.57. The smallest absolute Gasteiger partial charge is 0.271 e. The number of benzene rings is 1. The van der Waals surface area contributed by atoms with Crippen molar-refractivity contribution >= 4 is 11.0 Å².